The van der Waals surface area contributed by atoms with Crippen LogP contribution >= 0.6 is 0 Å². The Bertz CT molecular complexity index is 2140. The van der Waals surface area contributed by atoms with Crippen LogP contribution in [0, 0.1) is 11.3 Å². The predicted molar refractivity (Wildman–Crippen MR) is 160 cm³/mol. The van der Waals surface area contributed by atoms with Crippen LogP contribution in [0.1, 0.15) is 12.5 Å². The molecule has 0 spiro atoms. The second kappa shape index (κ2) is 8.92. The van der Waals surface area contributed by atoms with Crippen LogP contribution in [-0.4, -0.2) is 63.8 Å². The molecule has 4 aromatic heterocycles. The molecule has 0 bridgehead atoms. The second-order valence-corrected chi connectivity index (χ2v) is 11.3. The van der Waals surface area contributed by atoms with Gasteiger partial charge >= 0.3 is 5.69 Å². The van der Waals surface area contributed by atoms with Crippen molar-refractivity contribution in [1.82, 2.24) is 38.0 Å². The largest absolute Gasteiger partial charge is 0.375 e. The molecule has 1 fully saturated rings. The molecule has 0 radical (unpaired) electrons. The minimum absolute atomic E-state index is 0.103. The van der Waals surface area contributed by atoms with E-state index in [1.807, 2.05) is 43.1 Å². The second-order valence-electron chi connectivity index (χ2n) is 11.3. The smallest absolute Gasteiger partial charge is 0.328 e. The lowest BCUT2D eigenvalue weighted by Gasteiger charge is -2.48. The molecule has 212 valence electrons. The summed E-state index contributed by atoms with van der Waals surface area (Å²) in [4.78, 5) is 24.8. The Balaban J connectivity index is 1.54. The highest BCUT2D eigenvalue weighted by Crippen LogP contribution is 2.39. The fraction of sp³-hybridized carbons (Fsp3) is 0.300. The first-order chi connectivity index (χ1) is 20.1. The number of methoxy groups -OCH3 is 1. The van der Waals surface area contributed by atoms with Crippen LogP contribution in [0.4, 0.5) is 5.69 Å². The van der Waals surface area contributed by atoms with Crippen LogP contribution in [0.5, 0.6) is 0 Å². The average Bonchev–Trinajstić information content (AvgIpc) is 3.73. The lowest BCUT2D eigenvalue weighted by Crippen LogP contribution is -2.61. The fourth-order valence-corrected chi connectivity index (χ4v) is 6.06. The maximum absolute atomic E-state index is 13.1. The molecule has 0 unspecified atom stereocenters. The molecule has 5 heterocycles. The first-order valence-corrected chi connectivity index (χ1v) is 13.5. The van der Waals surface area contributed by atoms with Crippen LogP contribution < -0.4 is 10.6 Å². The van der Waals surface area contributed by atoms with Crippen molar-refractivity contribution in [2.24, 2.45) is 28.2 Å². The maximum atomic E-state index is 13.1. The molecule has 2 aromatic carbocycles. The van der Waals surface area contributed by atoms with Crippen LogP contribution in [-0.2, 0) is 32.9 Å². The zero-order valence-corrected chi connectivity index (χ0v) is 24.3. The van der Waals surface area contributed by atoms with Gasteiger partial charge in [0.1, 0.15) is 5.69 Å². The van der Waals surface area contributed by atoms with Crippen molar-refractivity contribution in [2.75, 3.05) is 25.1 Å². The normalized spacial score (nSPS) is 14.5. The summed E-state index contributed by atoms with van der Waals surface area (Å²) in [7, 11) is 9.09. The molecular weight excluding hydrogens is 532 g/mol. The molecule has 1 saturated heterocycles. The van der Waals surface area contributed by atoms with Gasteiger partial charge in [-0.3, -0.25) is 18.4 Å². The highest BCUT2D eigenvalue weighted by atomic mass is 16.5. The number of imidazole rings is 3. The van der Waals surface area contributed by atoms with Crippen molar-refractivity contribution in [3.8, 4) is 34.4 Å². The number of anilines is 1. The number of hydrogen-bond donors (Lipinski definition) is 0. The fourth-order valence-electron chi connectivity index (χ4n) is 6.06. The van der Waals surface area contributed by atoms with Gasteiger partial charge in [-0.15, -0.1) is 0 Å². The Morgan fingerprint density at radius 3 is 2.45 bits per heavy atom. The maximum Gasteiger partial charge on any atom is 0.328 e. The molecule has 12 heteroatoms. The van der Waals surface area contributed by atoms with Gasteiger partial charge < -0.3 is 14.2 Å². The third kappa shape index (κ3) is 3.63. The summed E-state index contributed by atoms with van der Waals surface area (Å²) in [6, 6.07) is 10.3. The Morgan fingerprint density at radius 2 is 1.81 bits per heavy atom. The summed E-state index contributed by atoms with van der Waals surface area (Å²) in [6.45, 7) is 3.47. The molecule has 0 aliphatic carbocycles. The number of ether oxygens (including phenoxy) is 1. The van der Waals surface area contributed by atoms with Gasteiger partial charge in [-0.1, -0.05) is 0 Å². The summed E-state index contributed by atoms with van der Waals surface area (Å²) in [5, 5.41) is 14.5. The minimum atomic E-state index is -0.262. The lowest BCUT2D eigenvalue weighted by atomic mass is 9.95. The van der Waals surface area contributed by atoms with Gasteiger partial charge in [-0.25, -0.2) is 14.8 Å². The van der Waals surface area contributed by atoms with E-state index in [1.165, 1.54) is 0 Å². The van der Waals surface area contributed by atoms with Gasteiger partial charge in [0.2, 0.25) is 0 Å². The van der Waals surface area contributed by atoms with Gasteiger partial charge in [0, 0.05) is 65.7 Å². The van der Waals surface area contributed by atoms with Gasteiger partial charge in [-0.2, -0.15) is 10.4 Å². The standard InChI is InChI=1S/C30H30N10O2/c1-30(42-6)15-39(16-30)25-9-20(8-24-27(25)38(5)29(41)37(24)4)40-23-7-18(11-31)21(19-12-33-36(3)14-19)10-22(23)34-28(40)26-13-32-17-35(26)2/h7-10,12-14,17H,15-16H2,1-6H3. The van der Waals surface area contributed by atoms with E-state index in [1.54, 1.807) is 53.7 Å². The van der Waals surface area contributed by atoms with Gasteiger partial charge in [0.15, 0.2) is 5.82 Å². The molecule has 12 nitrogen and oxygen atoms in total. The number of nitriles is 1. The van der Waals surface area contributed by atoms with E-state index < -0.39 is 0 Å². The Kier molecular flexibility index (Phi) is 5.48. The molecule has 1 aliphatic rings. The minimum Gasteiger partial charge on any atom is -0.375 e. The first kappa shape index (κ1) is 25.8. The van der Waals surface area contributed by atoms with E-state index in [2.05, 4.69) is 38.6 Å². The summed E-state index contributed by atoms with van der Waals surface area (Å²) < 4.78 is 14.8. The Labute approximate surface area is 241 Å². The summed E-state index contributed by atoms with van der Waals surface area (Å²) >= 11 is 0. The zero-order chi connectivity index (χ0) is 29.5. The highest BCUT2D eigenvalue weighted by Gasteiger charge is 2.40. The van der Waals surface area contributed by atoms with Crippen molar-refractivity contribution in [3.63, 3.8) is 0 Å². The third-order valence-electron chi connectivity index (χ3n) is 8.44. The topological polar surface area (TPSA) is 117 Å². The molecule has 42 heavy (non-hydrogen) atoms. The van der Waals surface area contributed by atoms with E-state index >= 15 is 0 Å². The first-order valence-electron chi connectivity index (χ1n) is 13.5. The SMILES string of the molecule is COC1(C)CN(c2cc(-n3c(-c4cncn4C)nc4cc(-c5cnn(C)c5)c(C#N)cc43)cc3c2n(C)c(=O)n3C)C1. The van der Waals surface area contributed by atoms with Crippen molar-refractivity contribution >= 4 is 27.8 Å². The molecular formula is C30H30N10O2. The van der Waals surface area contributed by atoms with E-state index in [-0.39, 0.29) is 11.3 Å². The highest BCUT2D eigenvalue weighted by molar-refractivity contribution is 5.95. The van der Waals surface area contributed by atoms with Gasteiger partial charge in [0.25, 0.3) is 0 Å². The van der Waals surface area contributed by atoms with Crippen LogP contribution in [0.15, 0.2) is 54.0 Å². The third-order valence-corrected chi connectivity index (χ3v) is 8.44. The van der Waals surface area contributed by atoms with Crippen molar-refractivity contribution in [3.05, 3.63) is 65.2 Å². The number of aromatic nitrogens is 8. The molecule has 1 aliphatic heterocycles. The van der Waals surface area contributed by atoms with Crippen molar-refractivity contribution in [2.45, 2.75) is 12.5 Å². The van der Waals surface area contributed by atoms with E-state index in [0.717, 1.165) is 50.3 Å². The monoisotopic (exact) mass is 562 g/mol. The lowest BCUT2D eigenvalue weighted by molar-refractivity contribution is -0.0166. The quantitative estimate of drug-likeness (QED) is 0.317. The van der Waals surface area contributed by atoms with E-state index in [9.17, 15) is 10.1 Å². The van der Waals surface area contributed by atoms with Crippen molar-refractivity contribution in [1.29, 1.82) is 5.26 Å². The van der Waals surface area contributed by atoms with Crippen LogP contribution in [0.2, 0.25) is 0 Å². The Hall–Kier alpha value is -5.15. The average molecular weight is 563 g/mol. The van der Waals surface area contributed by atoms with E-state index in [4.69, 9.17) is 9.72 Å². The van der Waals surface area contributed by atoms with E-state index in [0.29, 0.717) is 24.5 Å². The summed E-state index contributed by atoms with van der Waals surface area (Å²) in [5.41, 5.74) is 7.47. The van der Waals surface area contributed by atoms with Gasteiger partial charge in [-0.05, 0) is 31.2 Å². The number of benzene rings is 2. The number of aryl methyl sites for hydroxylation is 4. The number of nitrogens with zero attached hydrogens (tertiary/aromatic N) is 10. The molecule has 0 atom stereocenters. The molecule has 0 saturated carbocycles. The Morgan fingerprint density at radius 1 is 1.02 bits per heavy atom. The molecule has 7 rings (SSSR count). The summed E-state index contributed by atoms with van der Waals surface area (Å²) in [5.74, 6) is 0.675. The van der Waals surface area contributed by atoms with Crippen LogP contribution in [0.3, 0.4) is 0 Å². The molecule has 6 aromatic rings. The predicted octanol–water partition coefficient (Wildman–Crippen LogP) is 3.11. The molecule has 0 amide bonds. The number of rotatable bonds is 5. The zero-order valence-electron chi connectivity index (χ0n) is 24.3. The van der Waals surface area contributed by atoms with Crippen LogP contribution in [0.25, 0.3) is 50.4 Å². The molecule has 0 N–H and O–H groups in total. The van der Waals surface area contributed by atoms with Gasteiger partial charge in [0.05, 0.1) is 69.4 Å². The number of hydrogen-bond acceptors (Lipinski definition) is 7. The summed E-state index contributed by atoms with van der Waals surface area (Å²) in [6.07, 6.45) is 7.15. The van der Waals surface area contributed by atoms with Crippen molar-refractivity contribution < 1.29 is 4.74 Å². The number of fused-ring (bicyclic) bond motifs is 2.